The standard InChI is InChI=1S/C17H21N5O2S2/c1-5-23-13-9-7-6-8-12(13)18-16-20-21-17(26-16)25-11(4)15-19-14(10(2)3)22-24-15/h6-11H,5H2,1-4H3,(H,18,20)/t11-/m0/s1. The van der Waals surface area contributed by atoms with E-state index in [0.717, 1.165) is 21.6 Å². The number of thioether (sulfide) groups is 1. The first-order valence-corrected chi connectivity index (χ1v) is 10.1. The topological polar surface area (TPSA) is 86.0 Å². The Morgan fingerprint density at radius 2 is 2.04 bits per heavy atom. The van der Waals surface area contributed by atoms with E-state index in [-0.39, 0.29) is 11.2 Å². The molecule has 2 heterocycles. The maximum absolute atomic E-state index is 5.62. The van der Waals surface area contributed by atoms with Gasteiger partial charge >= 0.3 is 0 Å². The van der Waals surface area contributed by atoms with Crippen LogP contribution in [0, 0.1) is 0 Å². The summed E-state index contributed by atoms with van der Waals surface area (Å²) in [4.78, 5) is 4.44. The molecular weight excluding hydrogens is 370 g/mol. The van der Waals surface area contributed by atoms with Crippen LogP contribution in [0.1, 0.15) is 50.6 Å². The molecule has 0 aliphatic heterocycles. The Hall–Kier alpha value is -2.13. The van der Waals surface area contributed by atoms with E-state index < -0.39 is 0 Å². The molecule has 0 aliphatic rings. The molecule has 3 aromatic rings. The van der Waals surface area contributed by atoms with Gasteiger partial charge in [-0.3, -0.25) is 0 Å². The number of benzene rings is 1. The third-order valence-electron chi connectivity index (χ3n) is 3.43. The lowest BCUT2D eigenvalue weighted by Gasteiger charge is -2.09. The number of para-hydroxylation sites is 2. The lowest BCUT2D eigenvalue weighted by atomic mass is 10.2. The van der Waals surface area contributed by atoms with Crippen molar-refractivity contribution < 1.29 is 9.26 Å². The van der Waals surface area contributed by atoms with Crippen molar-refractivity contribution in [3.63, 3.8) is 0 Å². The van der Waals surface area contributed by atoms with E-state index in [9.17, 15) is 0 Å². The van der Waals surface area contributed by atoms with E-state index in [4.69, 9.17) is 9.26 Å². The van der Waals surface area contributed by atoms with Crippen molar-refractivity contribution in [3.8, 4) is 5.75 Å². The van der Waals surface area contributed by atoms with E-state index in [1.165, 1.54) is 11.3 Å². The van der Waals surface area contributed by atoms with Crippen LogP contribution in [0.3, 0.4) is 0 Å². The maximum Gasteiger partial charge on any atom is 0.239 e. The van der Waals surface area contributed by atoms with E-state index in [1.54, 1.807) is 11.8 Å². The molecule has 0 amide bonds. The summed E-state index contributed by atoms with van der Waals surface area (Å²) in [6.45, 7) is 8.65. The van der Waals surface area contributed by atoms with E-state index in [1.807, 2.05) is 52.0 Å². The summed E-state index contributed by atoms with van der Waals surface area (Å²) in [7, 11) is 0. The van der Waals surface area contributed by atoms with Gasteiger partial charge in [0.25, 0.3) is 0 Å². The monoisotopic (exact) mass is 391 g/mol. The highest BCUT2D eigenvalue weighted by Gasteiger charge is 2.19. The fraction of sp³-hybridized carbons (Fsp3) is 0.412. The number of nitrogens with one attached hydrogen (secondary N) is 1. The molecule has 7 nitrogen and oxygen atoms in total. The van der Waals surface area contributed by atoms with Gasteiger partial charge in [-0.05, 0) is 26.0 Å². The molecule has 2 aromatic heterocycles. The second-order valence-corrected chi connectivity index (χ2v) is 8.40. The highest BCUT2D eigenvalue weighted by atomic mass is 32.2. The van der Waals surface area contributed by atoms with E-state index >= 15 is 0 Å². The molecule has 0 bridgehead atoms. The molecule has 138 valence electrons. The van der Waals surface area contributed by atoms with Gasteiger partial charge in [-0.15, -0.1) is 10.2 Å². The van der Waals surface area contributed by atoms with Crippen LogP contribution in [0.2, 0.25) is 0 Å². The van der Waals surface area contributed by atoms with Crippen LogP contribution < -0.4 is 10.1 Å². The SMILES string of the molecule is CCOc1ccccc1Nc1nnc(S[C@@H](C)c2nc(C(C)C)no2)s1. The Balaban J connectivity index is 1.66. The molecule has 0 radical (unpaired) electrons. The van der Waals surface area contributed by atoms with Crippen LogP contribution in [0.15, 0.2) is 33.1 Å². The molecule has 1 N–H and O–H groups in total. The number of aromatic nitrogens is 4. The molecule has 26 heavy (non-hydrogen) atoms. The smallest absolute Gasteiger partial charge is 0.239 e. The number of rotatable bonds is 8. The Morgan fingerprint density at radius 3 is 2.77 bits per heavy atom. The van der Waals surface area contributed by atoms with Crippen LogP contribution in [-0.2, 0) is 0 Å². The van der Waals surface area contributed by atoms with Crippen molar-refractivity contribution in [2.45, 2.75) is 43.2 Å². The lowest BCUT2D eigenvalue weighted by Crippen LogP contribution is -1.97. The van der Waals surface area contributed by atoms with Gasteiger partial charge in [-0.25, -0.2) is 0 Å². The summed E-state index contributed by atoms with van der Waals surface area (Å²) in [5.74, 6) is 2.36. The summed E-state index contributed by atoms with van der Waals surface area (Å²) in [6.07, 6.45) is 0. The molecule has 1 atom stereocenters. The number of anilines is 2. The summed E-state index contributed by atoms with van der Waals surface area (Å²) < 4.78 is 11.8. The zero-order valence-electron chi connectivity index (χ0n) is 15.1. The Kier molecular flexibility index (Phi) is 6.10. The molecule has 0 fully saturated rings. The molecule has 0 unspecified atom stereocenters. The van der Waals surface area contributed by atoms with Crippen molar-refractivity contribution in [2.75, 3.05) is 11.9 Å². The van der Waals surface area contributed by atoms with Crippen LogP contribution in [0.4, 0.5) is 10.8 Å². The second-order valence-electron chi connectivity index (χ2n) is 5.83. The molecular formula is C17H21N5O2S2. The average molecular weight is 392 g/mol. The number of hydrogen-bond acceptors (Lipinski definition) is 9. The molecule has 9 heteroatoms. The minimum atomic E-state index is 0.00603. The van der Waals surface area contributed by atoms with Crippen molar-refractivity contribution >= 4 is 33.9 Å². The van der Waals surface area contributed by atoms with Crippen LogP contribution in [-0.4, -0.2) is 26.9 Å². The maximum atomic E-state index is 5.62. The van der Waals surface area contributed by atoms with E-state index in [2.05, 4.69) is 25.7 Å². The van der Waals surface area contributed by atoms with Crippen LogP contribution >= 0.6 is 23.1 Å². The zero-order valence-corrected chi connectivity index (χ0v) is 16.7. The van der Waals surface area contributed by atoms with Crippen molar-refractivity contribution in [1.82, 2.24) is 20.3 Å². The fourth-order valence-corrected chi connectivity index (χ4v) is 4.06. The lowest BCUT2D eigenvalue weighted by molar-refractivity contribution is 0.342. The average Bonchev–Trinajstić information content (AvgIpc) is 3.26. The molecule has 0 spiro atoms. The van der Waals surface area contributed by atoms with Gasteiger partial charge in [-0.2, -0.15) is 4.98 Å². The fourth-order valence-electron chi connectivity index (χ4n) is 2.12. The van der Waals surface area contributed by atoms with Gasteiger partial charge in [0.1, 0.15) is 5.75 Å². The summed E-state index contributed by atoms with van der Waals surface area (Å²) in [6, 6.07) is 7.76. The van der Waals surface area contributed by atoms with Gasteiger partial charge in [0.15, 0.2) is 10.2 Å². The van der Waals surface area contributed by atoms with E-state index in [0.29, 0.717) is 17.6 Å². The van der Waals surface area contributed by atoms with Crippen molar-refractivity contribution in [1.29, 1.82) is 0 Å². The largest absolute Gasteiger partial charge is 0.492 e. The summed E-state index contributed by atoms with van der Waals surface area (Å²) in [5.41, 5.74) is 0.869. The first-order chi connectivity index (χ1) is 12.6. The number of nitrogens with zero attached hydrogens (tertiary/aromatic N) is 4. The Morgan fingerprint density at radius 1 is 1.23 bits per heavy atom. The van der Waals surface area contributed by atoms with Crippen LogP contribution in [0.5, 0.6) is 5.75 Å². The highest BCUT2D eigenvalue weighted by molar-refractivity contribution is 8.01. The number of hydrogen-bond donors (Lipinski definition) is 1. The Bertz CT molecular complexity index is 849. The van der Waals surface area contributed by atoms with Crippen molar-refractivity contribution in [2.24, 2.45) is 0 Å². The third kappa shape index (κ3) is 4.53. The summed E-state index contributed by atoms with van der Waals surface area (Å²) >= 11 is 3.02. The molecule has 0 aliphatic carbocycles. The van der Waals surface area contributed by atoms with Gasteiger partial charge in [0, 0.05) is 5.92 Å². The quantitative estimate of drug-likeness (QED) is 0.535. The highest BCUT2D eigenvalue weighted by Crippen LogP contribution is 2.38. The molecule has 1 aromatic carbocycles. The minimum Gasteiger partial charge on any atom is -0.492 e. The summed E-state index contributed by atoms with van der Waals surface area (Å²) in [5, 5.41) is 16.4. The Labute approximate surface area is 160 Å². The van der Waals surface area contributed by atoms with Gasteiger partial charge < -0.3 is 14.6 Å². The predicted octanol–water partition coefficient (Wildman–Crippen LogP) is 5.04. The van der Waals surface area contributed by atoms with Gasteiger partial charge in [0.05, 0.1) is 17.5 Å². The normalized spacial score (nSPS) is 12.3. The zero-order chi connectivity index (χ0) is 18.5. The third-order valence-corrected chi connectivity index (χ3v) is 5.44. The molecule has 0 saturated carbocycles. The minimum absolute atomic E-state index is 0.00603. The predicted molar refractivity (Wildman–Crippen MR) is 103 cm³/mol. The van der Waals surface area contributed by atoms with Gasteiger partial charge in [-0.1, -0.05) is 54.2 Å². The first kappa shape index (κ1) is 18.7. The number of ether oxygens (including phenoxy) is 1. The van der Waals surface area contributed by atoms with Crippen molar-refractivity contribution in [3.05, 3.63) is 36.0 Å². The first-order valence-electron chi connectivity index (χ1n) is 8.39. The molecule has 0 saturated heterocycles. The second kappa shape index (κ2) is 8.50. The van der Waals surface area contributed by atoms with Crippen LogP contribution in [0.25, 0.3) is 0 Å². The van der Waals surface area contributed by atoms with Gasteiger partial charge in [0.2, 0.25) is 11.0 Å². The molecule has 3 rings (SSSR count).